The highest BCUT2D eigenvalue weighted by Gasteiger charge is 2.14. The Kier molecular flexibility index (Phi) is 8.32. The molecule has 0 bridgehead atoms. The lowest BCUT2D eigenvalue weighted by Crippen LogP contribution is -2.29. The molecule has 0 unspecified atom stereocenters. The van der Waals surface area contributed by atoms with Crippen LogP contribution in [-0.2, 0) is 16.4 Å². The Bertz CT molecular complexity index is 847. The van der Waals surface area contributed by atoms with Crippen molar-refractivity contribution < 1.29 is 13.2 Å². The molecule has 0 saturated carbocycles. The molecule has 2 rings (SSSR count). The largest absolute Gasteiger partial charge is 0.338 e. The summed E-state index contributed by atoms with van der Waals surface area (Å²) in [5.41, 5.74) is 2.20. The van der Waals surface area contributed by atoms with E-state index in [0.717, 1.165) is 37.7 Å². The molecule has 2 amide bonds. The van der Waals surface area contributed by atoms with Crippen LogP contribution in [0.2, 0.25) is 0 Å². The Hall–Kier alpha value is -2.54. The van der Waals surface area contributed by atoms with Crippen molar-refractivity contribution in [2.75, 3.05) is 16.6 Å². The molecule has 7 heteroatoms. The molecule has 0 aromatic heterocycles. The maximum absolute atomic E-state index is 12.5. The van der Waals surface area contributed by atoms with Gasteiger partial charge >= 0.3 is 6.03 Å². The molecule has 0 aliphatic rings. The Labute approximate surface area is 167 Å². The summed E-state index contributed by atoms with van der Waals surface area (Å²) in [4.78, 5) is 12.0. The van der Waals surface area contributed by atoms with Crippen LogP contribution in [0.15, 0.2) is 53.4 Å². The monoisotopic (exact) mass is 403 g/mol. The molecule has 2 aromatic carbocycles. The molecule has 0 spiro atoms. The molecule has 2 aromatic rings. The van der Waals surface area contributed by atoms with Crippen molar-refractivity contribution in [2.45, 2.75) is 50.8 Å². The fourth-order valence-corrected chi connectivity index (χ4v) is 3.73. The van der Waals surface area contributed by atoms with Crippen molar-refractivity contribution in [1.29, 1.82) is 0 Å². The molecule has 0 heterocycles. The SMILES string of the molecule is CCCCCCNC(=O)Nc1ccc(S(=O)(=O)Nc2ccc(CC)cc2)cc1. The molecule has 0 saturated heterocycles. The van der Waals surface area contributed by atoms with Gasteiger partial charge in [-0.15, -0.1) is 0 Å². The number of carbonyl (C=O) groups excluding carboxylic acids is 1. The van der Waals surface area contributed by atoms with Crippen molar-refractivity contribution in [3.05, 3.63) is 54.1 Å². The maximum atomic E-state index is 12.5. The third-order valence-corrected chi connectivity index (χ3v) is 5.75. The van der Waals surface area contributed by atoms with Crippen molar-refractivity contribution in [3.8, 4) is 0 Å². The van der Waals surface area contributed by atoms with Crippen LogP contribution in [0.1, 0.15) is 45.1 Å². The van der Waals surface area contributed by atoms with Gasteiger partial charge in [0.2, 0.25) is 0 Å². The zero-order chi connectivity index (χ0) is 20.4. The van der Waals surface area contributed by atoms with E-state index < -0.39 is 10.0 Å². The number of anilines is 2. The van der Waals surface area contributed by atoms with Crippen LogP contribution in [0.25, 0.3) is 0 Å². The lowest BCUT2D eigenvalue weighted by Gasteiger charge is -2.10. The number of hydrogen-bond acceptors (Lipinski definition) is 3. The van der Waals surface area contributed by atoms with E-state index in [-0.39, 0.29) is 10.9 Å². The molecule has 3 N–H and O–H groups in total. The molecule has 28 heavy (non-hydrogen) atoms. The first-order valence-corrected chi connectivity index (χ1v) is 11.2. The standard InChI is InChI=1S/C21H29N3O3S/c1-3-5-6-7-16-22-21(25)23-18-12-14-20(15-13-18)28(26,27)24-19-10-8-17(4-2)9-11-19/h8-15,24H,3-7,16H2,1-2H3,(H2,22,23,25). The minimum atomic E-state index is -3.68. The second kappa shape index (κ2) is 10.7. The highest BCUT2D eigenvalue weighted by molar-refractivity contribution is 7.92. The van der Waals surface area contributed by atoms with Gasteiger partial charge in [-0.3, -0.25) is 4.72 Å². The third-order valence-electron chi connectivity index (χ3n) is 4.35. The summed E-state index contributed by atoms with van der Waals surface area (Å²) < 4.78 is 27.6. The van der Waals surface area contributed by atoms with Gasteiger partial charge in [-0.25, -0.2) is 13.2 Å². The first-order chi connectivity index (χ1) is 13.4. The van der Waals surface area contributed by atoms with Gasteiger partial charge in [-0.2, -0.15) is 0 Å². The van der Waals surface area contributed by atoms with Crippen LogP contribution in [0.3, 0.4) is 0 Å². The number of amides is 2. The fourth-order valence-electron chi connectivity index (χ4n) is 2.67. The van der Waals surface area contributed by atoms with E-state index in [1.165, 1.54) is 12.1 Å². The molecular formula is C21H29N3O3S. The fraction of sp³-hybridized carbons (Fsp3) is 0.381. The minimum absolute atomic E-state index is 0.137. The summed E-state index contributed by atoms with van der Waals surface area (Å²) in [5, 5.41) is 5.50. The van der Waals surface area contributed by atoms with Crippen molar-refractivity contribution in [1.82, 2.24) is 5.32 Å². The van der Waals surface area contributed by atoms with Gasteiger partial charge in [0.15, 0.2) is 0 Å². The molecule has 152 valence electrons. The lowest BCUT2D eigenvalue weighted by atomic mass is 10.2. The first-order valence-electron chi connectivity index (χ1n) is 9.71. The Morgan fingerprint density at radius 1 is 0.857 bits per heavy atom. The maximum Gasteiger partial charge on any atom is 0.319 e. The molecule has 0 radical (unpaired) electrons. The average Bonchev–Trinajstić information content (AvgIpc) is 2.68. The third kappa shape index (κ3) is 6.88. The van der Waals surface area contributed by atoms with E-state index in [2.05, 4.69) is 22.3 Å². The summed E-state index contributed by atoms with van der Waals surface area (Å²) in [5.74, 6) is 0. The number of rotatable bonds is 10. The summed E-state index contributed by atoms with van der Waals surface area (Å²) in [7, 11) is -3.68. The average molecular weight is 404 g/mol. The van der Waals surface area contributed by atoms with Crippen LogP contribution in [0, 0.1) is 0 Å². The summed E-state index contributed by atoms with van der Waals surface area (Å²) >= 11 is 0. The Balaban J connectivity index is 1.90. The summed E-state index contributed by atoms with van der Waals surface area (Å²) in [6.07, 6.45) is 5.26. The first kappa shape index (κ1) is 21.8. The van der Waals surface area contributed by atoms with E-state index in [4.69, 9.17) is 0 Å². The van der Waals surface area contributed by atoms with Gasteiger partial charge < -0.3 is 10.6 Å². The van der Waals surface area contributed by atoms with Gasteiger partial charge in [-0.05, 0) is 54.8 Å². The Morgan fingerprint density at radius 2 is 1.50 bits per heavy atom. The second-order valence-electron chi connectivity index (χ2n) is 6.62. The van der Waals surface area contributed by atoms with Gasteiger partial charge in [0.25, 0.3) is 10.0 Å². The van der Waals surface area contributed by atoms with E-state index >= 15 is 0 Å². The van der Waals surface area contributed by atoms with Crippen LogP contribution in [0.5, 0.6) is 0 Å². The number of sulfonamides is 1. The van der Waals surface area contributed by atoms with E-state index in [9.17, 15) is 13.2 Å². The minimum Gasteiger partial charge on any atom is -0.338 e. The van der Waals surface area contributed by atoms with Crippen LogP contribution >= 0.6 is 0 Å². The smallest absolute Gasteiger partial charge is 0.319 e. The molecule has 6 nitrogen and oxygen atoms in total. The van der Waals surface area contributed by atoms with Gasteiger partial charge in [0, 0.05) is 17.9 Å². The van der Waals surface area contributed by atoms with Crippen LogP contribution in [-0.4, -0.2) is 21.0 Å². The van der Waals surface area contributed by atoms with E-state index in [1.807, 2.05) is 19.1 Å². The van der Waals surface area contributed by atoms with Crippen LogP contribution in [0.4, 0.5) is 16.2 Å². The summed E-state index contributed by atoms with van der Waals surface area (Å²) in [6.45, 7) is 4.81. The Morgan fingerprint density at radius 3 is 2.11 bits per heavy atom. The number of nitrogens with one attached hydrogen (secondary N) is 3. The molecule has 0 fully saturated rings. The number of unbranched alkanes of at least 4 members (excludes halogenated alkanes) is 3. The van der Waals surface area contributed by atoms with Crippen molar-refractivity contribution in [2.24, 2.45) is 0 Å². The zero-order valence-corrected chi connectivity index (χ0v) is 17.3. The zero-order valence-electron chi connectivity index (χ0n) is 16.5. The van der Waals surface area contributed by atoms with Crippen molar-refractivity contribution >= 4 is 27.4 Å². The number of carbonyl (C=O) groups is 1. The van der Waals surface area contributed by atoms with Gasteiger partial charge in [0.05, 0.1) is 4.90 Å². The predicted octanol–water partition coefficient (Wildman–Crippen LogP) is 4.75. The predicted molar refractivity (Wildman–Crippen MR) is 114 cm³/mol. The number of urea groups is 1. The van der Waals surface area contributed by atoms with E-state index in [0.29, 0.717) is 17.9 Å². The van der Waals surface area contributed by atoms with Crippen molar-refractivity contribution in [3.63, 3.8) is 0 Å². The highest BCUT2D eigenvalue weighted by Crippen LogP contribution is 2.19. The molecule has 0 atom stereocenters. The van der Waals surface area contributed by atoms with E-state index in [1.54, 1.807) is 24.3 Å². The second-order valence-corrected chi connectivity index (χ2v) is 8.30. The van der Waals surface area contributed by atoms with Gasteiger partial charge in [0.1, 0.15) is 0 Å². The number of benzene rings is 2. The van der Waals surface area contributed by atoms with Gasteiger partial charge in [-0.1, -0.05) is 45.2 Å². The highest BCUT2D eigenvalue weighted by atomic mass is 32.2. The van der Waals surface area contributed by atoms with Crippen LogP contribution < -0.4 is 15.4 Å². The lowest BCUT2D eigenvalue weighted by molar-refractivity contribution is 0.252. The quantitative estimate of drug-likeness (QED) is 0.500. The molecule has 0 aliphatic heterocycles. The number of aryl methyl sites for hydroxylation is 1. The normalized spacial score (nSPS) is 11.1. The molecular weight excluding hydrogens is 374 g/mol. The topological polar surface area (TPSA) is 87.3 Å². The molecule has 0 aliphatic carbocycles. The summed E-state index contributed by atoms with van der Waals surface area (Å²) in [6, 6.07) is 13.1. The number of hydrogen-bond donors (Lipinski definition) is 3.